The number of aromatic nitrogens is 1. The zero-order valence-electron chi connectivity index (χ0n) is 14.0. The van der Waals surface area contributed by atoms with Crippen LogP contribution in [0.5, 0.6) is 5.75 Å². The number of nitrogens with zero attached hydrogens (tertiary/aromatic N) is 1. The molecule has 2 aromatic carbocycles. The number of hydrogen-bond donors (Lipinski definition) is 1. The van der Waals surface area contributed by atoms with Gasteiger partial charge in [-0.25, -0.2) is 9.78 Å². The minimum Gasteiger partial charge on any atom is -0.495 e. The summed E-state index contributed by atoms with van der Waals surface area (Å²) in [6.07, 6.45) is 0.284. The zero-order chi connectivity index (χ0) is 18.7. The summed E-state index contributed by atoms with van der Waals surface area (Å²) in [5.41, 5.74) is 1.83. The molecule has 1 heterocycles. The molecule has 0 saturated heterocycles. The van der Waals surface area contributed by atoms with Gasteiger partial charge in [-0.1, -0.05) is 11.6 Å². The van der Waals surface area contributed by atoms with E-state index in [0.29, 0.717) is 27.6 Å². The normalized spacial score (nSPS) is 11.8. The van der Waals surface area contributed by atoms with Crippen LogP contribution in [0, 0.1) is 0 Å². The number of fused-ring (bicyclic) bond motifs is 1. The fourth-order valence-corrected chi connectivity index (χ4v) is 2.51. The van der Waals surface area contributed by atoms with Crippen LogP contribution < -0.4 is 10.1 Å². The number of rotatable bonds is 5. The monoisotopic (exact) mass is 374 g/mol. The molecule has 0 spiro atoms. The second-order valence-electron chi connectivity index (χ2n) is 5.42. The van der Waals surface area contributed by atoms with E-state index in [2.05, 4.69) is 10.3 Å². The molecule has 0 fully saturated rings. The van der Waals surface area contributed by atoms with Crippen molar-refractivity contribution >= 4 is 40.3 Å². The molecular formula is C18H15ClN2O5. The Morgan fingerprint density at radius 1 is 1.23 bits per heavy atom. The average molecular weight is 375 g/mol. The summed E-state index contributed by atoms with van der Waals surface area (Å²) in [6, 6.07) is 9.50. The Labute approximate surface area is 153 Å². The molecule has 0 aliphatic rings. The van der Waals surface area contributed by atoms with Crippen LogP contribution in [0.15, 0.2) is 47.2 Å². The van der Waals surface area contributed by atoms with Crippen molar-refractivity contribution in [2.45, 2.75) is 13.0 Å². The van der Waals surface area contributed by atoms with E-state index in [4.69, 9.17) is 25.5 Å². The lowest BCUT2D eigenvalue weighted by atomic mass is 10.2. The minimum absolute atomic E-state index is 0.276. The maximum absolute atomic E-state index is 12.2. The molecular weight excluding hydrogens is 360 g/mol. The Bertz CT molecular complexity index is 969. The van der Waals surface area contributed by atoms with Gasteiger partial charge in [-0.3, -0.25) is 4.79 Å². The Hall–Kier alpha value is -3.06. The summed E-state index contributed by atoms with van der Waals surface area (Å²) < 4.78 is 15.4. The third kappa shape index (κ3) is 3.78. The topological polar surface area (TPSA) is 90.7 Å². The molecule has 0 aliphatic carbocycles. The Morgan fingerprint density at radius 3 is 2.77 bits per heavy atom. The number of esters is 1. The third-order valence-corrected chi connectivity index (χ3v) is 3.93. The molecule has 1 atom stereocenters. The van der Waals surface area contributed by atoms with Gasteiger partial charge in [0.25, 0.3) is 5.91 Å². The highest BCUT2D eigenvalue weighted by Gasteiger charge is 2.20. The van der Waals surface area contributed by atoms with Gasteiger partial charge >= 0.3 is 5.97 Å². The molecule has 1 aromatic heterocycles. The number of oxazole rings is 1. The molecule has 134 valence electrons. The van der Waals surface area contributed by atoms with Crippen molar-refractivity contribution in [2.75, 3.05) is 12.4 Å². The quantitative estimate of drug-likeness (QED) is 0.685. The SMILES string of the molecule is COc1ccc(NC(=O)C(C)OC(=O)c2ccc3ocnc3c2)cc1Cl. The van der Waals surface area contributed by atoms with Gasteiger partial charge < -0.3 is 19.2 Å². The molecule has 1 amide bonds. The molecule has 1 unspecified atom stereocenters. The maximum atomic E-state index is 12.2. The minimum atomic E-state index is -1.00. The molecule has 0 saturated carbocycles. The van der Waals surface area contributed by atoms with Gasteiger partial charge in [0.15, 0.2) is 18.1 Å². The Morgan fingerprint density at radius 2 is 2.04 bits per heavy atom. The van der Waals surface area contributed by atoms with Crippen molar-refractivity contribution < 1.29 is 23.5 Å². The van der Waals surface area contributed by atoms with Crippen LogP contribution in [0.4, 0.5) is 5.69 Å². The first-order valence-electron chi connectivity index (χ1n) is 7.66. The highest BCUT2D eigenvalue weighted by molar-refractivity contribution is 6.32. The van der Waals surface area contributed by atoms with Gasteiger partial charge in [-0.15, -0.1) is 0 Å². The second kappa shape index (κ2) is 7.45. The number of hydrogen-bond acceptors (Lipinski definition) is 6. The summed E-state index contributed by atoms with van der Waals surface area (Å²) >= 11 is 6.02. The van der Waals surface area contributed by atoms with E-state index < -0.39 is 18.0 Å². The molecule has 3 aromatic rings. The first-order chi connectivity index (χ1) is 12.5. The van der Waals surface area contributed by atoms with Crippen LogP contribution in [0.3, 0.4) is 0 Å². The lowest BCUT2D eigenvalue weighted by Crippen LogP contribution is -2.30. The van der Waals surface area contributed by atoms with Crippen molar-refractivity contribution in [1.29, 1.82) is 0 Å². The first-order valence-corrected chi connectivity index (χ1v) is 8.04. The Balaban J connectivity index is 1.64. The number of amides is 1. The predicted octanol–water partition coefficient (Wildman–Crippen LogP) is 3.67. The molecule has 3 rings (SSSR count). The summed E-state index contributed by atoms with van der Waals surface area (Å²) in [5.74, 6) is -0.625. The van der Waals surface area contributed by atoms with E-state index in [1.54, 1.807) is 30.3 Å². The van der Waals surface area contributed by atoms with Crippen LogP contribution >= 0.6 is 11.6 Å². The van der Waals surface area contributed by atoms with Crippen molar-refractivity contribution in [3.63, 3.8) is 0 Å². The number of carbonyl (C=O) groups is 2. The van der Waals surface area contributed by atoms with Crippen molar-refractivity contribution in [3.05, 3.63) is 53.4 Å². The number of nitrogens with one attached hydrogen (secondary N) is 1. The van der Waals surface area contributed by atoms with Crippen LogP contribution in [-0.2, 0) is 9.53 Å². The van der Waals surface area contributed by atoms with Crippen LogP contribution in [0.25, 0.3) is 11.1 Å². The largest absolute Gasteiger partial charge is 0.495 e. The molecule has 26 heavy (non-hydrogen) atoms. The fraction of sp³-hybridized carbons (Fsp3) is 0.167. The predicted molar refractivity (Wildman–Crippen MR) is 95.5 cm³/mol. The van der Waals surface area contributed by atoms with Crippen molar-refractivity contribution in [2.24, 2.45) is 0 Å². The summed E-state index contributed by atoms with van der Waals surface area (Å²) in [5, 5.41) is 2.99. The van der Waals surface area contributed by atoms with Crippen LogP contribution in [0.2, 0.25) is 5.02 Å². The van der Waals surface area contributed by atoms with E-state index in [-0.39, 0.29) is 5.56 Å². The van der Waals surface area contributed by atoms with Crippen LogP contribution in [0.1, 0.15) is 17.3 Å². The van der Waals surface area contributed by atoms with E-state index >= 15 is 0 Å². The van der Waals surface area contributed by atoms with Crippen molar-refractivity contribution in [1.82, 2.24) is 4.98 Å². The van der Waals surface area contributed by atoms with E-state index in [9.17, 15) is 9.59 Å². The number of benzene rings is 2. The number of ether oxygens (including phenoxy) is 2. The standard InChI is InChI=1S/C18H15ClN2O5/c1-10(17(22)21-12-4-6-15(24-2)13(19)8-12)26-18(23)11-3-5-16-14(7-11)20-9-25-16/h3-10H,1-2H3,(H,21,22). The number of methoxy groups -OCH3 is 1. The number of anilines is 1. The zero-order valence-corrected chi connectivity index (χ0v) is 14.7. The maximum Gasteiger partial charge on any atom is 0.338 e. The van der Waals surface area contributed by atoms with Crippen LogP contribution in [-0.4, -0.2) is 30.1 Å². The fourth-order valence-electron chi connectivity index (χ4n) is 2.25. The first kappa shape index (κ1) is 17.8. The lowest BCUT2D eigenvalue weighted by molar-refractivity contribution is -0.123. The smallest absolute Gasteiger partial charge is 0.338 e. The molecule has 0 aliphatic heterocycles. The highest BCUT2D eigenvalue weighted by Crippen LogP contribution is 2.27. The lowest BCUT2D eigenvalue weighted by Gasteiger charge is -2.14. The second-order valence-corrected chi connectivity index (χ2v) is 5.83. The van der Waals surface area contributed by atoms with E-state index in [1.807, 2.05) is 0 Å². The highest BCUT2D eigenvalue weighted by atomic mass is 35.5. The molecule has 0 radical (unpaired) electrons. The summed E-state index contributed by atoms with van der Waals surface area (Å²) in [6.45, 7) is 1.48. The van der Waals surface area contributed by atoms with Crippen molar-refractivity contribution in [3.8, 4) is 5.75 Å². The van der Waals surface area contributed by atoms with Gasteiger partial charge in [0, 0.05) is 5.69 Å². The van der Waals surface area contributed by atoms with Gasteiger partial charge in [0.1, 0.15) is 11.3 Å². The molecule has 1 N–H and O–H groups in total. The third-order valence-electron chi connectivity index (χ3n) is 3.64. The Kier molecular flexibility index (Phi) is 5.09. The average Bonchev–Trinajstić information content (AvgIpc) is 3.09. The van der Waals surface area contributed by atoms with Gasteiger partial charge in [-0.2, -0.15) is 0 Å². The van der Waals surface area contributed by atoms with Gasteiger partial charge in [0.2, 0.25) is 0 Å². The van der Waals surface area contributed by atoms with E-state index in [1.165, 1.54) is 26.5 Å². The number of carbonyl (C=O) groups excluding carboxylic acids is 2. The number of halogens is 1. The molecule has 0 bridgehead atoms. The summed E-state index contributed by atoms with van der Waals surface area (Å²) in [4.78, 5) is 28.4. The summed E-state index contributed by atoms with van der Waals surface area (Å²) in [7, 11) is 1.50. The van der Waals surface area contributed by atoms with Gasteiger partial charge in [-0.05, 0) is 43.3 Å². The van der Waals surface area contributed by atoms with Gasteiger partial charge in [0.05, 0.1) is 17.7 Å². The molecule has 7 nitrogen and oxygen atoms in total. The molecule has 8 heteroatoms. The van der Waals surface area contributed by atoms with E-state index in [0.717, 1.165) is 0 Å².